The van der Waals surface area contributed by atoms with Gasteiger partial charge < -0.3 is 4.90 Å². The fourth-order valence-corrected chi connectivity index (χ4v) is 4.52. The molecule has 1 aliphatic heterocycles. The van der Waals surface area contributed by atoms with Crippen molar-refractivity contribution in [2.24, 2.45) is 0 Å². The zero-order valence-electron chi connectivity index (χ0n) is 13.1. The molecule has 0 bridgehead atoms. The molecule has 1 unspecified atom stereocenters. The van der Waals surface area contributed by atoms with Gasteiger partial charge in [0.1, 0.15) is 0 Å². The molecule has 0 radical (unpaired) electrons. The van der Waals surface area contributed by atoms with E-state index >= 15 is 0 Å². The first-order valence-corrected chi connectivity index (χ1v) is 9.99. The molecular formula is C15H22N4OS2. The summed E-state index contributed by atoms with van der Waals surface area (Å²) in [6, 6.07) is 1.62. The van der Waals surface area contributed by atoms with Gasteiger partial charge in [-0.2, -0.15) is 16.3 Å². The maximum Gasteiger partial charge on any atom is 0.275 e. The first-order valence-electron chi connectivity index (χ1n) is 7.88. The van der Waals surface area contributed by atoms with E-state index in [0.717, 1.165) is 41.7 Å². The smallest absolute Gasteiger partial charge is 0.275 e. The number of thioether (sulfide) groups is 1. The van der Waals surface area contributed by atoms with Crippen LogP contribution in [0.1, 0.15) is 38.3 Å². The normalized spacial score (nSPS) is 19.5. The van der Waals surface area contributed by atoms with Crippen molar-refractivity contribution in [2.45, 2.75) is 44.3 Å². The molecule has 3 rings (SSSR count). The van der Waals surface area contributed by atoms with Crippen LogP contribution in [0.2, 0.25) is 0 Å². The zero-order valence-corrected chi connectivity index (χ0v) is 14.8. The third-order valence-corrected chi connectivity index (χ3v) is 6.05. The van der Waals surface area contributed by atoms with Crippen LogP contribution in [-0.2, 0) is 6.42 Å². The van der Waals surface area contributed by atoms with Gasteiger partial charge >= 0.3 is 0 Å². The van der Waals surface area contributed by atoms with Crippen molar-refractivity contribution in [3.05, 3.63) is 22.1 Å². The molecular weight excluding hydrogens is 316 g/mol. The average molecular weight is 339 g/mol. The van der Waals surface area contributed by atoms with Crippen molar-refractivity contribution < 1.29 is 0 Å². The Balaban J connectivity index is 1.93. The topological polar surface area (TPSA) is 50.5 Å². The zero-order chi connectivity index (χ0) is 15.5. The maximum atomic E-state index is 12.2. The molecule has 0 amide bonds. The summed E-state index contributed by atoms with van der Waals surface area (Å²) in [5, 5.41) is 6.10. The molecule has 0 aliphatic carbocycles. The van der Waals surface area contributed by atoms with Crippen LogP contribution in [0.4, 0.5) is 5.13 Å². The number of aromatic nitrogens is 3. The molecule has 2 aromatic rings. The second-order valence-electron chi connectivity index (χ2n) is 5.71. The molecule has 5 nitrogen and oxygen atoms in total. The Kier molecular flexibility index (Phi) is 5.03. The Morgan fingerprint density at radius 1 is 1.45 bits per heavy atom. The van der Waals surface area contributed by atoms with Gasteiger partial charge in [-0.15, -0.1) is 5.10 Å². The monoisotopic (exact) mass is 338 g/mol. The number of fused-ring (bicyclic) bond motifs is 1. The largest absolute Gasteiger partial charge is 0.346 e. The van der Waals surface area contributed by atoms with Crippen molar-refractivity contribution >= 4 is 33.2 Å². The van der Waals surface area contributed by atoms with Crippen LogP contribution in [0.5, 0.6) is 0 Å². The first-order chi connectivity index (χ1) is 10.7. The molecule has 1 aliphatic rings. The van der Waals surface area contributed by atoms with Gasteiger partial charge in [-0.1, -0.05) is 31.1 Å². The molecule has 7 heteroatoms. The number of nitrogens with zero attached hydrogens (tertiary/aromatic N) is 4. The van der Waals surface area contributed by atoms with Crippen molar-refractivity contribution in [1.29, 1.82) is 0 Å². The molecule has 1 atom stereocenters. The Labute approximate surface area is 138 Å². The van der Waals surface area contributed by atoms with E-state index in [4.69, 9.17) is 0 Å². The lowest BCUT2D eigenvalue weighted by Crippen LogP contribution is -2.29. The lowest BCUT2D eigenvalue weighted by atomic mass is 10.2. The van der Waals surface area contributed by atoms with Crippen molar-refractivity contribution in [3.8, 4) is 0 Å². The Bertz CT molecular complexity index is 696. The van der Waals surface area contributed by atoms with Crippen LogP contribution in [0.3, 0.4) is 0 Å². The molecule has 0 saturated carbocycles. The van der Waals surface area contributed by atoms with E-state index in [9.17, 15) is 4.79 Å². The molecule has 120 valence electrons. The fourth-order valence-electron chi connectivity index (χ4n) is 2.83. The van der Waals surface area contributed by atoms with Crippen molar-refractivity contribution in [1.82, 2.24) is 14.6 Å². The quantitative estimate of drug-likeness (QED) is 0.858. The minimum Gasteiger partial charge on any atom is -0.346 e. The minimum atomic E-state index is -0.0628. The summed E-state index contributed by atoms with van der Waals surface area (Å²) in [4.78, 5) is 19.8. The van der Waals surface area contributed by atoms with Crippen LogP contribution in [-0.4, -0.2) is 39.2 Å². The van der Waals surface area contributed by atoms with Crippen LogP contribution in [0.15, 0.2) is 10.9 Å². The summed E-state index contributed by atoms with van der Waals surface area (Å²) in [6.07, 6.45) is 7.74. The van der Waals surface area contributed by atoms with Crippen LogP contribution in [0.25, 0.3) is 4.96 Å². The SMILES string of the molecule is CCCc1cc(=O)n2nc(N3CCCCC(SC)C3)sc2n1. The predicted octanol–water partition coefficient (Wildman–Crippen LogP) is 2.83. The van der Waals surface area contributed by atoms with E-state index in [0.29, 0.717) is 5.25 Å². The average Bonchev–Trinajstić information content (AvgIpc) is 2.79. The van der Waals surface area contributed by atoms with Gasteiger partial charge in [-0.25, -0.2) is 4.98 Å². The molecule has 22 heavy (non-hydrogen) atoms. The second kappa shape index (κ2) is 7.00. The molecule has 3 heterocycles. The van der Waals surface area contributed by atoms with Gasteiger partial charge in [0, 0.05) is 30.1 Å². The van der Waals surface area contributed by atoms with Gasteiger partial charge in [-0.3, -0.25) is 4.79 Å². The summed E-state index contributed by atoms with van der Waals surface area (Å²) in [7, 11) is 0. The van der Waals surface area contributed by atoms with Crippen LogP contribution in [0, 0.1) is 0 Å². The maximum absolute atomic E-state index is 12.2. The van der Waals surface area contributed by atoms with Crippen LogP contribution >= 0.6 is 23.1 Å². The number of hydrogen-bond acceptors (Lipinski definition) is 6. The van der Waals surface area contributed by atoms with Crippen LogP contribution < -0.4 is 10.5 Å². The van der Waals surface area contributed by atoms with Gasteiger partial charge in [0.2, 0.25) is 10.1 Å². The highest BCUT2D eigenvalue weighted by molar-refractivity contribution is 7.99. The molecule has 1 fully saturated rings. The van der Waals surface area contributed by atoms with E-state index in [2.05, 4.69) is 28.2 Å². The summed E-state index contributed by atoms with van der Waals surface area (Å²) in [5.74, 6) is 0. The third-order valence-electron chi connectivity index (χ3n) is 4.03. The minimum absolute atomic E-state index is 0.0628. The number of anilines is 1. The highest BCUT2D eigenvalue weighted by Crippen LogP contribution is 2.27. The Hall–Kier alpha value is -1.08. The highest BCUT2D eigenvalue weighted by atomic mass is 32.2. The van der Waals surface area contributed by atoms with Gasteiger partial charge in [0.25, 0.3) is 5.56 Å². The van der Waals surface area contributed by atoms with E-state index in [-0.39, 0.29) is 5.56 Å². The molecule has 1 saturated heterocycles. The first kappa shape index (κ1) is 15.8. The summed E-state index contributed by atoms with van der Waals surface area (Å²) in [5.41, 5.74) is 0.813. The van der Waals surface area contributed by atoms with Crippen molar-refractivity contribution in [3.63, 3.8) is 0 Å². The van der Waals surface area contributed by atoms with E-state index < -0.39 is 0 Å². The summed E-state index contributed by atoms with van der Waals surface area (Å²) < 4.78 is 1.46. The highest BCUT2D eigenvalue weighted by Gasteiger charge is 2.21. The van der Waals surface area contributed by atoms with E-state index in [1.165, 1.54) is 35.1 Å². The lowest BCUT2D eigenvalue weighted by molar-refractivity contribution is 0.736. The lowest BCUT2D eigenvalue weighted by Gasteiger charge is -2.22. The fraction of sp³-hybridized carbons (Fsp3) is 0.667. The van der Waals surface area contributed by atoms with E-state index in [1.807, 2.05) is 11.8 Å². The van der Waals surface area contributed by atoms with Gasteiger partial charge in [0.15, 0.2) is 0 Å². The van der Waals surface area contributed by atoms with E-state index in [1.54, 1.807) is 6.07 Å². The van der Waals surface area contributed by atoms with Gasteiger partial charge in [0.05, 0.1) is 0 Å². The number of rotatable bonds is 4. The summed E-state index contributed by atoms with van der Waals surface area (Å²) >= 11 is 3.46. The standard InChI is InChI=1S/C15H22N4OS2/c1-3-6-11-9-13(20)19-14(16-11)22-15(17-19)18-8-5-4-7-12(10-18)21-2/h9,12H,3-8,10H2,1-2H3. The molecule has 0 aromatic carbocycles. The molecule has 0 N–H and O–H groups in total. The second-order valence-corrected chi connectivity index (χ2v) is 7.79. The third kappa shape index (κ3) is 3.30. The Morgan fingerprint density at radius 2 is 2.32 bits per heavy atom. The van der Waals surface area contributed by atoms with Crippen molar-refractivity contribution in [2.75, 3.05) is 24.2 Å². The molecule has 2 aromatic heterocycles. The predicted molar refractivity (Wildman–Crippen MR) is 94.5 cm³/mol. The van der Waals surface area contributed by atoms with Gasteiger partial charge in [-0.05, 0) is 25.5 Å². The number of aryl methyl sites for hydroxylation is 1. The number of hydrogen-bond donors (Lipinski definition) is 0. The summed E-state index contributed by atoms with van der Waals surface area (Å²) in [6.45, 7) is 4.13. The Morgan fingerprint density at radius 3 is 3.09 bits per heavy atom. The molecule has 0 spiro atoms.